The highest BCUT2D eigenvalue weighted by Gasteiger charge is 2.27. The van der Waals surface area contributed by atoms with E-state index in [-0.39, 0.29) is 35.8 Å². The van der Waals surface area contributed by atoms with Crippen LogP contribution in [0.15, 0.2) is 34.2 Å². The molecule has 1 aromatic carbocycles. The highest BCUT2D eigenvalue weighted by atomic mass is 16.6. The summed E-state index contributed by atoms with van der Waals surface area (Å²) in [6.45, 7) is 5.13. The van der Waals surface area contributed by atoms with Gasteiger partial charge in [-0.25, -0.2) is 4.98 Å². The van der Waals surface area contributed by atoms with Crippen molar-refractivity contribution in [1.29, 1.82) is 0 Å². The van der Waals surface area contributed by atoms with Crippen molar-refractivity contribution < 1.29 is 14.7 Å². The lowest BCUT2D eigenvalue weighted by atomic mass is 9.95. The Morgan fingerprint density at radius 2 is 2.13 bits per heavy atom. The number of para-hydroxylation sites is 2. The number of aliphatic carboxylic acids is 1. The number of fused-ring (bicyclic) bond motifs is 1. The first-order valence-corrected chi connectivity index (χ1v) is 10.7. The summed E-state index contributed by atoms with van der Waals surface area (Å²) in [6, 6.07) is 8.00. The van der Waals surface area contributed by atoms with Crippen molar-refractivity contribution >= 4 is 22.7 Å². The average Bonchev–Trinajstić information content (AvgIpc) is 2.74. The maximum absolute atomic E-state index is 13.6. The largest absolute Gasteiger partial charge is 0.481 e. The van der Waals surface area contributed by atoms with Gasteiger partial charge in [0.2, 0.25) is 0 Å². The fraction of sp³-hybridized carbons (Fsp3) is 0.545. The van der Waals surface area contributed by atoms with Crippen LogP contribution in [0.1, 0.15) is 64.1 Å². The van der Waals surface area contributed by atoms with Gasteiger partial charge in [0.05, 0.1) is 17.5 Å². The lowest BCUT2D eigenvalue weighted by molar-refractivity contribution is -0.136. The second-order valence-corrected chi connectivity index (χ2v) is 7.59. The van der Waals surface area contributed by atoms with Gasteiger partial charge < -0.3 is 19.8 Å². The minimum absolute atomic E-state index is 0.0507. The molecular weight excluding hydrogens is 384 g/mol. The molecule has 1 fully saturated rings. The number of rotatable bonds is 9. The van der Waals surface area contributed by atoms with E-state index in [4.69, 9.17) is 9.94 Å². The Labute approximate surface area is 175 Å². The number of carboxylic acid groups (broad SMARTS) is 1. The highest BCUT2D eigenvalue weighted by molar-refractivity contribution is 6.00. The van der Waals surface area contributed by atoms with Gasteiger partial charge in [-0.3, -0.25) is 9.59 Å². The van der Waals surface area contributed by atoms with Gasteiger partial charge in [-0.2, -0.15) is 0 Å². The molecule has 0 unspecified atom stereocenters. The summed E-state index contributed by atoms with van der Waals surface area (Å²) >= 11 is 0. The topological polar surface area (TPSA) is 106 Å². The second-order valence-electron chi connectivity index (χ2n) is 7.59. The summed E-state index contributed by atoms with van der Waals surface area (Å²) in [6.07, 6.45) is 3.81. The van der Waals surface area contributed by atoms with Gasteiger partial charge in [-0.15, -0.1) is 0 Å². The molecule has 2 heterocycles. The van der Waals surface area contributed by atoms with E-state index in [1.165, 1.54) is 0 Å². The minimum Gasteiger partial charge on any atom is -0.481 e. The van der Waals surface area contributed by atoms with E-state index in [1.54, 1.807) is 6.92 Å². The Balaban J connectivity index is 2.11. The van der Waals surface area contributed by atoms with E-state index >= 15 is 0 Å². The number of aromatic nitrogens is 2. The number of benzene rings is 1. The number of piperidine rings is 1. The third-order valence-electron chi connectivity index (χ3n) is 5.42. The summed E-state index contributed by atoms with van der Waals surface area (Å²) in [5.41, 5.74) is 1.70. The van der Waals surface area contributed by atoms with Crippen LogP contribution in [0, 0.1) is 0 Å². The molecule has 0 amide bonds. The summed E-state index contributed by atoms with van der Waals surface area (Å²) in [5, 5.41) is 16.7. The molecule has 1 aliphatic heterocycles. The molecule has 1 aromatic heterocycles. The van der Waals surface area contributed by atoms with Gasteiger partial charge in [0, 0.05) is 18.5 Å². The number of oxime groups is 1. The quantitative estimate of drug-likeness (QED) is 0.482. The van der Waals surface area contributed by atoms with Crippen molar-refractivity contribution in [3.8, 4) is 0 Å². The molecule has 1 saturated heterocycles. The molecule has 2 aromatic rings. The van der Waals surface area contributed by atoms with Crippen molar-refractivity contribution in [2.24, 2.45) is 5.16 Å². The number of carbonyl (C=O) groups is 1. The summed E-state index contributed by atoms with van der Waals surface area (Å²) in [7, 11) is 0. The lowest BCUT2D eigenvalue weighted by Gasteiger charge is -2.32. The van der Waals surface area contributed by atoms with Crippen molar-refractivity contribution in [3.05, 3.63) is 40.3 Å². The molecule has 3 rings (SSSR count). The number of nitrogens with zero attached hydrogens (tertiary/aromatic N) is 3. The van der Waals surface area contributed by atoms with Crippen LogP contribution in [0.5, 0.6) is 0 Å². The molecule has 1 aliphatic rings. The average molecular weight is 415 g/mol. The lowest BCUT2D eigenvalue weighted by Crippen LogP contribution is -2.42. The second kappa shape index (κ2) is 10.3. The minimum atomic E-state index is -0.957. The van der Waals surface area contributed by atoms with Crippen molar-refractivity contribution in [2.45, 2.75) is 64.5 Å². The van der Waals surface area contributed by atoms with Crippen LogP contribution in [-0.2, 0) is 9.63 Å². The van der Waals surface area contributed by atoms with Crippen molar-refractivity contribution in [2.75, 3.05) is 13.2 Å². The molecular formula is C22H30N4O4. The van der Waals surface area contributed by atoms with Crippen LogP contribution in [0.4, 0.5) is 0 Å². The van der Waals surface area contributed by atoms with Crippen LogP contribution >= 0.6 is 0 Å². The first-order chi connectivity index (χ1) is 14.5. The monoisotopic (exact) mass is 414 g/mol. The SMILES string of the molecule is CCC[C@H]1C[C@@H](n2c(=O)c(/C(CCC(=O)O)=N/OCC)nc3ccccc32)CCN1. The Hall–Kier alpha value is -2.74. The molecule has 0 spiro atoms. The van der Waals surface area contributed by atoms with Gasteiger partial charge in [0.15, 0.2) is 5.69 Å². The van der Waals surface area contributed by atoms with E-state index in [2.05, 4.69) is 22.4 Å². The summed E-state index contributed by atoms with van der Waals surface area (Å²) in [5.74, 6) is -0.957. The third kappa shape index (κ3) is 5.05. The van der Waals surface area contributed by atoms with Crippen LogP contribution in [0.3, 0.4) is 0 Å². The standard InChI is InChI=1S/C22H30N4O4/c1-3-7-15-14-16(12-13-23-15)26-19-9-6-5-8-17(19)24-21(22(26)29)18(25-30-4-2)10-11-20(27)28/h5-6,8-9,15-16,23H,3-4,7,10-14H2,1-2H3,(H,27,28)/b25-18+/t15-,16-/m0/s1. The van der Waals surface area contributed by atoms with Crippen molar-refractivity contribution in [1.82, 2.24) is 14.9 Å². The van der Waals surface area contributed by atoms with E-state index in [0.717, 1.165) is 37.7 Å². The van der Waals surface area contributed by atoms with Crippen LogP contribution in [0.2, 0.25) is 0 Å². The zero-order chi connectivity index (χ0) is 21.5. The van der Waals surface area contributed by atoms with Gasteiger partial charge in [0.25, 0.3) is 5.56 Å². The van der Waals surface area contributed by atoms with E-state index < -0.39 is 5.97 Å². The molecule has 30 heavy (non-hydrogen) atoms. The maximum atomic E-state index is 13.6. The van der Waals surface area contributed by atoms with Gasteiger partial charge in [0.1, 0.15) is 12.3 Å². The molecule has 2 atom stereocenters. The fourth-order valence-electron chi connectivity index (χ4n) is 4.07. The molecule has 8 nitrogen and oxygen atoms in total. The molecule has 0 aliphatic carbocycles. The van der Waals surface area contributed by atoms with Crippen LogP contribution in [-0.4, -0.2) is 45.5 Å². The highest BCUT2D eigenvalue weighted by Crippen LogP contribution is 2.26. The Morgan fingerprint density at radius 1 is 1.33 bits per heavy atom. The summed E-state index contributed by atoms with van der Waals surface area (Å²) < 4.78 is 1.84. The molecule has 0 bridgehead atoms. The Morgan fingerprint density at radius 3 is 2.87 bits per heavy atom. The van der Waals surface area contributed by atoms with Crippen LogP contribution < -0.4 is 10.9 Å². The molecule has 2 N–H and O–H groups in total. The number of carboxylic acids is 1. The Bertz CT molecular complexity index is 967. The fourth-order valence-corrected chi connectivity index (χ4v) is 4.07. The van der Waals surface area contributed by atoms with E-state index in [0.29, 0.717) is 18.2 Å². The third-order valence-corrected chi connectivity index (χ3v) is 5.42. The van der Waals surface area contributed by atoms with E-state index in [1.807, 2.05) is 28.8 Å². The number of nitrogens with one attached hydrogen (secondary N) is 1. The molecule has 0 saturated carbocycles. The number of hydrogen-bond donors (Lipinski definition) is 2. The summed E-state index contributed by atoms with van der Waals surface area (Å²) in [4.78, 5) is 34.4. The van der Waals surface area contributed by atoms with Crippen molar-refractivity contribution in [3.63, 3.8) is 0 Å². The molecule has 0 radical (unpaired) electrons. The Kier molecular flexibility index (Phi) is 7.57. The van der Waals surface area contributed by atoms with Gasteiger partial charge >= 0.3 is 5.97 Å². The molecule has 162 valence electrons. The first kappa shape index (κ1) is 22.0. The number of hydrogen-bond acceptors (Lipinski definition) is 6. The first-order valence-electron chi connectivity index (χ1n) is 10.7. The maximum Gasteiger partial charge on any atom is 0.303 e. The predicted octanol–water partition coefficient (Wildman–Crippen LogP) is 3.10. The van der Waals surface area contributed by atoms with E-state index in [9.17, 15) is 9.59 Å². The zero-order valence-electron chi connectivity index (χ0n) is 17.6. The molecule has 8 heteroatoms. The van der Waals surface area contributed by atoms with Crippen LogP contribution in [0.25, 0.3) is 11.0 Å². The van der Waals surface area contributed by atoms with Gasteiger partial charge in [-0.05, 0) is 44.9 Å². The van der Waals surface area contributed by atoms with Gasteiger partial charge in [-0.1, -0.05) is 30.6 Å². The zero-order valence-corrected chi connectivity index (χ0v) is 17.6. The predicted molar refractivity (Wildman–Crippen MR) is 116 cm³/mol. The normalized spacial score (nSPS) is 19.7. The smallest absolute Gasteiger partial charge is 0.303 e.